The molecule has 1 aliphatic heterocycles. The van der Waals surface area contributed by atoms with E-state index in [9.17, 15) is 23.9 Å². The van der Waals surface area contributed by atoms with Crippen molar-refractivity contribution in [2.24, 2.45) is 0 Å². The lowest BCUT2D eigenvalue weighted by molar-refractivity contribution is -0.128. The van der Waals surface area contributed by atoms with Crippen LogP contribution in [0.5, 0.6) is 11.5 Å². The monoisotopic (exact) mass is 519 g/mol. The molecule has 3 rings (SSSR count). The van der Waals surface area contributed by atoms with E-state index in [-0.39, 0.29) is 27.9 Å². The molecule has 0 radical (unpaired) electrons. The van der Waals surface area contributed by atoms with Crippen LogP contribution in [0.25, 0.3) is 0 Å². The number of aromatic nitrogens is 2. The Labute approximate surface area is 203 Å². The van der Waals surface area contributed by atoms with Crippen molar-refractivity contribution in [1.29, 1.82) is 0 Å². The molecule has 0 bridgehead atoms. The van der Waals surface area contributed by atoms with Crippen LogP contribution in [0.2, 0.25) is 10.0 Å². The lowest BCUT2D eigenvalue weighted by atomic mass is 10.1. The lowest BCUT2D eigenvalue weighted by Crippen LogP contribution is -2.43. The number of halogens is 3. The van der Waals surface area contributed by atoms with Gasteiger partial charge in [0.1, 0.15) is 23.7 Å². The Morgan fingerprint density at radius 3 is 2.65 bits per heavy atom. The van der Waals surface area contributed by atoms with Gasteiger partial charge in [-0.15, -0.1) is 0 Å². The van der Waals surface area contributed by atoms with Crippen LogP contribution in [-0.4, -0.2) is 58.7 Å². The quantitative estimate of drug-likeness (QED) is 0.482. The van der Waals surface area contributed by atoms with Gasteiger partial charge in [0.15, 0.2) is 18.5 Å². The number of hydrogen-bond acceptors (Lipinski definition) is 7. The number of aromatic amines is 1. The molecule has 0 aliphatic carbocycles. The number of benzene rings is 1. The van der Waals surface area contributed by atoms with E-state index in [1.54, 1.807) is 6.92 Å². The Hall–Kier alpha value is -2.60. The number of aliphatic hydroxyl groups is 1. The second-order valence-electron chi connectivity index (χ2n) is 7.57. The molecule has 13 heteroatoms. The molecular formula is C21H24Cl2FN3O7. The normalized spacial score (nSPS) is 22.9. The average molecular weight is 520 g/mol. The number of rotatable bonds is 8. The van der Waals surface area contributed by atoms with Crippen LogP contribution in [-0.2, 0) is 16.0 Å². The summed E-state index contributed by atoms with van der Waals surface area (Å²) in [5, 5.41) is 13.2. The van der Waals surface area contributed by atoms with E-state index in [0.29, 0.717) is 16.7 Å². The summed E-state index contributed by atoms with van der Waals surface area (Å²) in [7, 11) is 1.41. The van der Waals surface area contributed by atoms with Gasteiger partial charge in [0, 0.05) is 24.4 Å². The minimum absolute atomic E-state index is 0.154. The highest BCUT2D eigenvalue weighted by atomic mass is 35.5. The second kappa shape index (κ2) is 10.8. The van der Waals surface area contributed by atoms with Crippen LogP contribution in [0, 0.1) is 0 Å². The Kier molecular flexibility index (Phi) is 8.24. The number of alkyl halides is 1. The standard InChI is InChI=1S/C21H24Cl2FN3O7/c1-4-10-7-26-21(31)27(19(10)30)20-16(24)17(28)15(34-20)8-25-18(29)9(2)33-14-6-13(32-3)11(22)5-12(14)23/h5-7,9,15-17,20,28H,4,8H2,1-3H3,(H,25,29)(H,26,31)/t9-,15+,16-,17+,20+/m0/s1. The van der Waals surface area contributed by atoms with E-state index in [1.165, 1.54) is 32.4 Å². The molecule has 1 saturated heterocycles. The lowest BCUT2D eigenvalue weighted by Gasteiger charge is -2.19. The highest BCUT2D eigenvalue weighted by Gasteiger charge is 2.46. The van der Waals surface area contributed by atoms with Gasteiger partial charge in [0.05, 0.1) is 17.2 Å². The van der Waals surface area contributed by atoms with E-state index >= 15 is 0 Å². The molecule has 2 aromatic rings. The third-order valence-electron chi connectivity index (χ3n) is 5.37. The summed E-state index contributed by atoms with van der Waals surface area (Å²) in [5.74, 6) is -0.155. The maximum Gasteiger partial charge on any atom is 0.330 e. The van der Waals surface area contributed by atoms with Gasteiger partial charge in [-0.25, -0.2) is 13.8 Å². The number of amides is 1. The Balaban J connectivity index is 1.66. The van der Waals surface area contributed by atoms with Crippen molar-refractivity contribution in [3.8, 4) is 11.5 Å². The number of methoxy groups -OCH3 is 1. The maximum atomic E-state index is 14.8. The first-order chi connectivity index (χ1) is 16.1. The van der Waals surface area contributed by atoms with Crippen LogP contribution in [0.15, 0.2) is 27.9 Å². The first-order valence-corrected chi connectivity index (χ1v) is 11.1. The van der Waals surface area contributed by atoms with Crippen molar-refractivity contribution in [1.82, 2.24) is 14.9 Å². The van der Waals surface area contributed by atoms with Crippen LogP contribution < -0.4 is 26.0 Å². The number of ether oxygens (including phenoxy) is 3. The van der Waals surface area contributed by atoms with E-state index in [0.717, 1.165) is 0 Å². The smallest absolute Gasteiger partial charge is 0.330 e. The van der Waals surface area contributed by atoms with Crippen molar-refractivity contribution in [2.45, 2.75) is 51.0 Å². The summed E-state index contributed by atoms with van der Waals surface area (Å²) >= 11 is 12.1. The van der Waals surface area contributed by atoms with Crippen LogP contribution in [0.3, 0.4) is 0 Å². The molecule has 1 aliphatic rings. The van der Waals surface area contributed by atoms with Crippen LogP contribution >= 0.6 is 23.2 Å². The van der Waals surface area contributed by atoms with Crippen molar-refractivity contribution in [3.63, 3.8) is 0 Å². The van der Waals surface area contributed by atoms with Crippen LogP contribution in [0.4, 0.5) is 4.39 Å². The van der Waals surface area contributed by atoms with E-state index in [2.05, 4.69) is 10.3 Å². The zero-order chi connectivity index (χ0) is 25.2. The predicted octanol–water partition coefficient (Wildman–Crippen LogP) is 1.59. The van der Waals surface area contributed by atoms with Gasteiger partial charge in [-0.05, 0) is 19.4 Å². The molecule has 34 heavy (non-hydrogen) atoms. The molecule has 5 atom stereocenters. The Bertz CT molecular complexity index is 1170. The highest BCUT2D eigenvalue weighted by Crippen LogP contribution is 2.36. The zero-order valence-corrected chi connectivity index (χ0v) is 20.0. The number of aryl methyl sites for hydroxylation is 1. The summed E-state index contributed by atoms with van der Waals surface area (Å²) in [4.78, 5) is 39.5. The molecule has 1 fully saturated rings. The fraction of sp³-hybridized carbons (Fsp3) is 0.476. The van der Waals surface area contributed by atoms with Gasteiger partial charge >= 0.3 is 5.69 Å². The number of nitrogens with zero attached hydrogens (tertiary/aromatic N) is 1. The molecule has 0 unspecified atom stereocenters. The van der Waals surface area contributed by atoms with Crippen LogP contribution in [0.1, 0.15) is 25.6 Å². The molecule has 186 valence electrons. The average Bonchev–Trinajstić information content (AvgIpc) is 3.07. The second-order valence-corrected chi connectivity index (χ2v) is 8.38. The molecular weight excluding hydrogens is 496 g/mol. The van der Waals surface area contributed by atoms with Gasteiger partial charge in [-0.3, -0.25) is 9.59 Å². The largest absolute Gasteiger partial charge is 0.495 e. The summed E-state index contributed by atoms with van der Waals surface area (Å²) in [5.41, 5.74) is -1.33. The number of hydrogen-bond donors (Lipinski definition) is 3. The third kappa shape index (κ3) is 5.22. The molecule has 3 N–H and O–H groups in total. The Morgan fingerprint density at radius 1 is 1.32 bits per heavy atom. The molecule has 10 nitrogen and oxygen atoms in total. The summed E-state index contributed by atoms with van der Waals surface area (Å²) < 4.78 is 31.5. The molecule has 1 amide bonds. The first kappa shape index (κ1) is 26.0. The molecule has 0 saturated carbocycles. The number of nitrogens with one attached hydrogen (secondary N) is 2. The fourth-order valence-corrected chi connectivity index (χ4v) is 3.94. The summed E-state index contributed by atoms with van der Waals surface area (Å²) in [6, 6.07) is 2.83. The number of H-pyrrole nitrogens is 1. The molecule has 1 aromatic carbocycles. The van der Waals surface area contributed by atoms with Gasteiger partial charge in [-0.1, -0.05) is 30.1 Å². The number of aliphatic hydroxyl groups excluding tert-OH is 1. The fourth-order valence-electron chi connectivity index (χ4n) is 3.44. The van der Waals surface area contributed by atoms with Gasteiger partial charge in [-0.2, -0.15) is 0 Å². The maximum absolute atomic E-state index is 14.8. The van der Waals surface area contributed by atoms with Gasteiger partial charge < -0.3 is 29.6 Å². The third-order valence-corrected chi connectivity index (χ3v) is 5.96. The topological polar surface area (TPSA) is 132 Å². The molecule has 2 heterocycles. The molecule has 0 spiro atoms. The van der Waals surface area contributed by atoms with E-state index < -0.39 is 47.9 Å². The SMILES string of the molecule is CCc1c[nH]c(=O)n([C@@H]2O[C@H](CNC(=O)[C@H](C)Oc3cc(OC)c(Cl)cc3Cl)[C@@H](O)[C@@H]2F)c1=O. The number of carbonyl (C=O) groups excluding carboxylic acids is 1. The minimum atomic E-state index is -2.07. The van der Waals surface area contributed by atoms with Crippen molar-refractivity contribution in [2.75, 3.05) is 13.7 Å². The van der Waals surface area contributed by atoms with E-state index in [4.69, 9.17) is 37.4 Å². The zero-order valence-electron chi connectivity index (χ0n) is 18.5. The highest BCUT2D eigenvalue weighted by molar-refractivity contribution is 6.36. The van der Waals surface area contributed by atoms with E-state index in [1.807, 2.05) is 0 Å². The van der Waals surface area contributed by atoms with Crippen molar-refractivity contribution in [3.05, 3.63) is 54.8 Å². The molecule has 1 aromatic heterocycles. The number of carbonyl (C=O) groups is 1. The minimum Gasteiger partial charge on any atom is -0.495 e. The Morgan fingerprint density at radius 2 is 2.00 bits per heavy atom. The van der Waals surface area contributed by atoms with Crippen molar-refractivity contribution < 1.29 is 28.5 Å². The first-order valence-electron chi connectivity index (χ1n) is 10.4. The predicted molar refractivity (Wildman–Crippen MR) is 122 cm³/mol. The summed E-state index contributed by atoms with van der Waals surface area (Å²) in [6.45, 7) is 2.85. The van der Waals surface area contributed by atoms with Gasteiger partial charge in [0.25, 0.3) is 11.5 Å². The van der Waals surface area contributed by atoms with Crippen molar-refractivity contribution >= 4 is 29.1 Å². The van der Waals surface area contributed by atoms with Gasteiger partial charge in [0.2, 0.25) is 0 Å². The summed E-state index contributed by atoms with van der Waals surface area (Å²) in [6.07, 6.45) is -6.09.